The average Bonchev–Trinajstić information content (AvgIpc) is 2.63. The molecule has 2 rings (SSSR count). The minimum atomic E-state index is -4.55. The maximum absolute atomic E-state index is 12.7. The molecule has 96 valence electrons. The van der Waals surface area contributed by atoms with Crippen LogP contribution in [0.2, 0.25) is 15.1 Å². The van der Waals surface area contributed by atoms with Crippen molar-refractivity contribution in [1.82, 2.24) is 9.78 Å². The van der Waals surface area contributed by atoms with Gasteiger partial charge in [0.2, 0.25) is 0 Å². The zero-order chi connectivity index (χ0) is 13.5. The van der Waals surface area contributed by atoms with Crippen LogP contribution >= 0.6 is 34.8 Å². The maximum atomic E-state index is 12.7. The first-order valence-electron chi connectivity index (χ1n) is 4.57. The van der Waals surface area contributed by atoms with Crippen molar-refractivity contribution in [2.45, 2.75) is 6.18 Å². The molecule has 0 aliphatic heterocycles. The van der Waals surface area contributed by atoms with Crippen LogP contribution < -0.4 is 0 Å². The van der Waals surface area contributed by atoms with Gasteiger partial charge in [0.25, 0.3) is 0 Å². The van der Waals surface area contributed by atoms with Crippen LogP contribution in [-0.2, 0) is 6.18 Å². The molecule has 1 aromatic carbocycles. The number of halogens is 6. The van der Waals surface area contributed by atoms with E-state index in [4.69, 9.17) is 34.8 Å². The van der Waals surface area contributed by atoms with E-state index in [1.807, 2.05) is 0 Å². The summed E-state index contributed by atoms with van der Waals surface area (Å²) >= 11 is 17.4. The van der Waals surface area contributed by atoms with Crippen LogP contribution in [0.4, 0.5) is 13.2 Å². The highest BCUT2D eigenvalue weighted by molar-refractivity contribution is 6.40. The molecule has 0 aliphatic rings. The Bertz CT molecular complexity index is 569. The number of alkyl halides is 3. The summed E-state index contributed by atoms with van der Waals surface area (Å²) in [6, 6.07) is 3.43. The molecule has 8 heteroatoms. The fourth-order valence-electron chi connectivity index (χ4n) is 1.43. The number of hydrogen-bond acceptors (Lipinski definition) is 1. The lowest BCUT2D eigenvalue weighted by molar-refractivity contribution is -0.142. The van der Waals surface area contributed by atoms with Gasteiger partial charge in [0, 0.05) is 5.02 Å². The van der Waals surface area contributed by atoms with E-state index in [1.165, 1.54) is 12.1 Å². The lowest BCUT2D eigenvalue weighted by Crippen LogP contribution is -2.13. The molecule has 0 atom stereocenters. The first-order valence-corrected chi connectivity index (χ1v) is 5.70. The standard InChI is InChI=1S/C10H4Cl3F3N2/c11-5-3-6(12)9(7(13)4-5)18-8(1-2-17-18)10(14,15)16/h1-4H. The van der Waals surface area contributed by atoms with Crippen LogP contribution in [-0.4, -0.2) is 9.78 Å². The minimum Gasteiger partial charge on any atom is -0.226 e. The molecule has 18 heavy (non-hydrogen) atoms. The predicted molar refractivity (Wildman–Crippen MR) is 63.6 cm³/mol. The molecule has 0 bridgehead atoms. The lowest BCUT2D eigenvalue weighted by Gasteiger charge is -2.13. The summed E-state index contributed by atoms with van der Waals surface area (Å²) in [5.41, 5.74) is -1.02. The summed E-state index contributed by atoms with van der Waals surface area (Å²) in [7, 11) is 0. The molecule has 0 amide bonds. The minimum absolute atomic E-state index is 0.0123. The Balaban J connectivity index is 2.68. The molecule has 2 aromatic rings. The number of aromatic nitrogens is 2. The second kappa shape index (κ2) is 4.64. The third-order valence-corrected chi connectivity index (χ3v) is 2.92. The summed E-state index contributed by atoms with van der Waals surface area (Å²) in [6.45, 7) is 0. The maximum Gasteiger partial charge on any atom is 0.433 e. The van der Waals surface area contributed by atoms with Crippen LogP contribution in [0.3, 0.4) is 0 Å². The first kappa shape index (κ1) is 13.5. The Morgan fingerprint density at radius 1 is 1.06 bits per heavy atom. The summed E-state index contributed by atoms with van der Waals surface area (Å²) in [5.74, 6) is 0. The second-order valence-electron chi connectivity index (χ2n) is 3.34. The molecule has 0 saturated heterocycles. The second-order valence-corrected chi connectivity index (χ2v) is 4.59. The van der Waals surface area contributed by atoms with Crippen molar-refractivity contribution in [3.8, 4) is 5.69 Å². The molecule has 1 aromatic heterocycles. The largest absolute Gasteiger partial charge is 0.433 e. The van der Waals surface area contributed by atoms with Crippen molar-refractivity contribution in [2.24, 2.45) is 0 Å². The Kier molecular flexibility index (Phi) is 3.49. The smallest absolute Gasteiger partial charge is 0.226 e. The van der Waals surface area contributed by atoms with E-state index in [0.29, 0.717) is 4.68 Å². The van der Waals surface area contributed by atoms with Crippen molar-refractivity contribution in [3.63, 3.8) is 0 Å². The van der Waals surface area contributed by atoms with Gasteiger partial charge in [-0.1, -0.05) is 34.8 Å². The number of rotatable bonds is 1. The highest BCUT2D eigenvalue weighted by Gasteiger charge is 2.36. The van der Waals surface area contributed by atoms with E-state index in [-0.39, 0.29) is 20.8 Å². The highest BCUT2D eigenvalue weighted by Crippen LogP contribution is 2.36. The van der Waals surface area contributed by atoms with E-state index in [0.717, 1.165) is 12.3 Å². The molecule has 0 fully saturated rings. The van der Waals surface area contributed by atoms with Crippen LogP contribution in [0, 0.1) is 0 Å². The summed E-state index contributed by atoms with van der Waals surface area (Å²) in [4.78, 5) is 0. The van der Waals surface area contributed by atoms with Crippen molar-refractivity contribution >= 4 is 34.8 Å². The fraction of sp³-hybridized carbons (Fsp3) is 0.100. The third kappa shape index (κ3) is 2.43. The molecular weight excluding hydrogens is 311 g/mol. The number of benzene rings is 1. The van der Waals surface area contributed by atoms with Gasteiger partial charge < -0.3 is 0 Å². The zero-order valence-electron chi connectivity index (χ0n) is 8.47. The monoisotopic (exact) mass is 314 g/mol. The predicted octanol–water partition coefficient (Wildman–Crippen LogP) is 4.85. The quantitative estimate of drug-likeness (QED) is 0.735. The topological polar surface area (TPSA) is 17.8 Å². The number of nitrogens with zero attached hydrogens (tertiary/aromatic N) is 2. The van der Waals surface area contributed by atoms with Crippen LogP contribution in [0.1, 0.15) is 5.69 Å². The molecule has 2 nitrogen and oxygen atoms in total. The van der Waals surface area contributed by atoms with E-state index in [9.17, 15) is 13.2 Å². The summed E-state index contributed by atoms with van der Waals surface area (Å²) < 4.78 is 38.9. The van der Waals surface area contributed by atoms with E-state index < -0.39 is 11.9 Å². The summed E-state index contributed by atoms with van der Waals surface area (Å²) in [6.07, 6.45) is -3.53. The van der Waals surface area contributed by atoms with Gasteiger partial charge in [-0.25, -0.2) is 4.68 Å². The lowest BCUT2D eigenvalue weighted by atomic mass is 10.3. The van der Waals surface area contributed by atoms with Gasteiger partial charge in [0.15, 0.2) is 0 Å². The Labute approximate surface area is 115 Å². The van der Waals surface area contributed by atoms with Crippen molar-refractivity contribution in [3.05, 3.63) is 45.2 Å². The van der Waals surface area contributed by atoms with Crippen molar-refractivity contribution in [1.29, 1.82) is 0 Å². The third-order valence-electron chi connectivity index (χ3n) is 2.13. The average molecular weight is 316 g/mol. The summed E-state index contributed by atoms with van der Waals surface area (Å²) in [5, 5.41) is 3.80. The molecule has 0 aliphatic carbocycles. The van der Waals surface area contributed by atoms with Crippen LogP contribution in [0.25, 0.3) is 5.69 Å². The normalized spacial score (nSPS) is 11.9. The van der Waals surface area contributed by atoms with E-state index in [2.05, 4.69) is 5.10 Å². The molecule has 1 heterocycles. The first-order chi connectivity index (χ1) is 8.30. The molecular formula is C10H4Cl3F3N2. The molecule has 0 spiro atoms. The Hall–Kier alpha value is -0.910. The van der Waals surface area contributed by atoms with Gasteiger partial charge >= 0.3 is 6.18 Å². The fourth-order valence-corrected chi connectivity index (χ4v) is 2.41. The van der Waals surface area contributed by atoms with Gasteiger partial charge in [-0.2, -0.15) is 18.3 Å². The Morgan fingerprint density at radius 2 is 1.61 bits per heavy atom. The van der Waals surface area contributed by atoms with Crippen molar-refractivity contribution in [2.75, 3.05) is 0 Å². The van der Waals surface area contributed by atoms with Crippen LogP contribution in [0.15, 0.2) is 24.4 Å². The van der Waals surface area contributed by atoms with Gasteiger partial charge in [-0.3, -0.25) is 0 Å². The Morgan fingerprint density at radius 3 is 2.11 bits per heavy atom. The molecule has 0 radical (unpaired) electrons. The van der Waals surface area contributed by atoms with Gasteiger partial charge in [0.05, 0.1) is 16.2 Å². The molecule has 0 saturated carbocycles. The van der Waals surface area contributed by atoms with Gasteiger partial charge in [-0.15, -0.1) is 0 Å². The SMILES string of the molecule is FC(F)(F)c1ccnn1-c1c(Cl)cc(Cl)cc1Cl. The van der Waals surface area contributed by atoms with Crippen LogP contribution in [0.5, 0.6) is 0 Å². The highest BCUT2D eigenvalue weighted by atomic mass is 35.5. The zero-order valence-corrected chi connectivity index (χ0v) is 10.7. The number of hydrogen-bond donors (Lipinski definition) is 0. The van der Waals surface area contributed by atoms with Gasteiger partial charge in [0.1, 0.15) is 11.4 Å². The van der Waals surface area contributed by atoms with Gasteiger partial charge in [-0.05, 0) is 18.2 Å². The molecule has 0 N–H and O–H groups in total. The van der Waals surface area contributed by atoms with E-state index in [1.54, 1.807) is 0 Å². The van der Waals surface area contributed by atoms with E-state index >= 15 is 0 Å². The van der Waals surface area contributed by atoms with Crippen molar-refractivity contribution < 1.29 is 13.2 Å². The molecule has 0 unspecified atom stereocenters.